The molecule has 0 saturated carbocycles. The van der Waals surface area contributed by atoms with Crippen LogP contribution < -0.4 is 0 Å². The van der Waals surface area contributed by atoms with Gasteiger partial charge < -0.3 is 0 Å². The third-order valence-electron chi connectivity index (χ3n) is 0. The van der Waals surface area contributed by atoms with Crippen LogP contribution in [0.2, 0.25) is 0 Å². The van der Waals surface area contributed by atoms with Crippen molar-refractivity contribution < 1.29 is 25.7 Å². The summed E-state index contributed by atoms with van der Waals surface area (Å²) in [5.41, 5.74) is 0. The van der Waals surface area contributed by atoms with Crippen LogP contribution in [0, 0.1) is 25.7 Å². The number of rotatable bonds is 0. The van der Waals surface area contributed by atoms with Gasteiger partial charge in [0.1, 0.15) is 0 Å². The Morgan fingerprint density at radius 1 is 0.750 bits per heavy atom. The van der Waals surface area contributed by atoms with Gasteiger partial charge in [-0.1, -0.05) is 0 Å². The molecular formula is Cl5LaLi2. The number of halogens is 5. The van der Waals surface area contributed by atoms with E-state index in [2.05, 4.69) is 19.6 Å². The van der Waals surface area contributed by atoms with Gasteiger partial charge in [0.15, 0.2) is 0 Å². The molecule has 0 rings (SSSR count). The first kappa shape index (κ1) is 17.8. The minimum absolute atomic E-state index is 1.47. The Morgan fingerprint density at radius 3 is 0.750 bits per heavy atom. The van der Waals surface area contributed by atoms with Gasteiger partial charge in [-0.2, -0.15) is 0 Å². The quantitative estimate of drug-likeness (QED) is 0.599. The Bertz CT molecular complexity index is 15.1. The Labute approximate surface area is 96.6 Å². The molecule has 0 saturated heterocycles. The van der Waals surface area contributed by atoms with E-state index < -0.39 is 25.7 Å². The molecule has 0 unspecified atom stereocenters. The van der Waals surface area contributed by atoms with E-state index in [1.165, 1.54) is 33.5 Å². The van der Waals surface area contributed by atoms with Crippen LogP contribution in [-0.4, -0.2) is 33.5 Å². The van der Waals surface area contributed by atoms with Gasteiger partial charge >= 0.3 is 99.1 Å². The van der Waals surface area contributed by atoms with Gasteiger partial charge in [0.05, 0.1) is 0 Å². The molecule has 40 valence electrons. The van der Waals surface area contributed by atoms with E-state index in [0.29, 0.717) is 0 Å². The molecule has 0 aromatic carbocycles. The number of hydrogen-bond acceptors (Lipinski definition) is 0. The summed E-state index contributed by atoms with van der Waals surface area (Å²) in [4.78, 5) is 0. The van der Waals surface area contributed by atoms with E-state index in [1.54, 1.807) is 0 Å². The van der Waals surface area contributed by atoms with Crippen molar-refractivity contribution in [2.75, 3.05) is 0 Å². The second kappa shape index (κ2) is 22.4. The van der Waals surface area contributed by atoms with Crippen molar-refractivity contribution in [2.24, 2.45) is 0 Å². The fraction of sp³-hybridized carbons (Fsp3) is 0. The molecule has 8 heteroatoms. The van der Waals surface area contributed by atoms with Crippen molar-refractivity contribution in [3.05, 3.63) is 0 Å². The molecule has 0 spiro atoms. The Hall–Kier alpha value is 3.84. The summed E-state index contributed by atoms with van der Waals surface area (Å²) in [6, 6.07) is 0. The van der Waals surface area contributed by atoms with Crippen molar-refractivity contribution in [1.29, 1.82) is 0 Å². The minimum atomic E-state index is -2.31. The first-order valence-electron chi connectivity index (χ1n) is 1.41. The van der Waals surface area contributed by atoms with Gasteiger partial charge in [-0.3, -0.25) is 0 Å². The standard InChI is InChI=1S/5ClH.La.2Li/h5*1H;;;/q;;;;;+3;2*+1/p-5. The van der Waals surface area contributed by atoms with E-state index in [-0.39, 0.29) is 0 Å². The van der Waals surface area contributed by atoms with Gasteiger partial charge in [0.25, 0.3) is 0 Å². The van der Waals surface area contributed by atoms with Crippen molar-refractivity contribution in [3.63, 3.8) is 0 Å². The fourth-order valence-corrected chi connectivity index (χ4v) is 0. The molecule has 0 bridgehead atoms. The average molecular weight is 330 g/mol. The maximum absolute atomic E-state index is 5.03. The molecular weight excluding hydrogens is 330 g/mol. The van der Waals surface area contributed by atoms with E-state index >= 15 is 0 Å². The molecule has 0 aliphatic rings. The van der Waals surface area contributed by atoms with E-state index in [1.807, 2.05) is 0 Å². The molecule has 0 amide bonds. The van der Waals surface area contributed by atoms with Crippen LogP contribution in [0.15, 0.2) is 0 Å². The molecule has 0 fully saturated rings. The fourth-order valence-electron chi connectivity index (χ4n) is 0. The molecule has 0 nitrogen and oxygen atoms in total. The van der Waals surface area contributed by atoms with Crippen LogP contribution in [-0.2, 0) is 0 Å². The summed E-state index contributed by atoms with van der Waals surface area (Å²) in [6.07, 6.45) is 0. The SMILES string of the molecule is [Cl][La]([Cl])[Cl].[Li][Cl].[Li][Cl]. The maximum atomic E-state index is 5.03. The van der Waals surface area contributed by atoms with Crippen molar-refractivity contribution >= 4 is 73.5 Å². The second-order valence-electron chi connectivity index (χ2n) is 0.247. The zero-order chi connectivity index (χ0) is 7.58. The molecule has 0 aliphatic heterocycles. The molecule has 0 aromatic rings. The van der Waals surface area contributed by atoms with Crippen LogP contribution in [0.5, 0.6) is 0 Å². The molecule has 0 N–H and O–H groups in total. The first-order chi connectivity index (χ1) is 3.73. The molecule has 8 heavy (non-hydrogen) atoms. The number of hydrogen-bond donors (Lipinski definition) is 0. The van der Waals surface area contributed by atoms with Gasteiger partial charge in [-0.05, 0) is 0 Å². The Morgan fingerprint density at radius 2 is 0.750 bits per heavy atom. The third-order valence-corrected chi connectivity index (χ3v) is 0. The van der Waals surface area contributed by atoms with Crippen molar-refractivity contribution in [1.82, 2.24) is 0 Å². The normalized spacial score (nSPS) is 5.12. The summed E-state index contributed by atoms with van der Waals surface area (Å²) in [7, 11) is 9.28. The predicted octanol–water partition coefficient (Wildman–Crippen LogP) is 2.69. The Balaban J connectivity index is -0.0000000542. The van der Waals surface area contributed by atoms with Crippen LogP contribution in [0.1, 0.15) is 0 Å². The average Bonchev–Trinajstić information content (AvgIpc) is 1.75. The zero-order valence-electron chi connectivity index (χ0n) is 4.47. The van der Waals surface area contributed by atoms with Gasteiger partial charge in [-0.25, -0.2) is 0 Å². The van der Waals surface area contributed by atoms with Crippen LogP contribution in [0.4, 0.5) is 0 Å². The van der Waals surface area contributed by atoms with Crippen molar-refractivity contribution in [2.45, 2.75) is 0 Å². The van der Waals surface area contributed by atoms with Gasteiger partial charge in [-0.15, -0.1) is 0 Å². The molecule has 0 radical (unpaired) electrons. The van der Waals surface area contributed by atoms with Crippen LogP contribution in [0.3, 0.4) is 0 Å². The zero-order valence-corrected chi connectivity index (χ0v) is 11.9. The van der Waals surface area contributed by atoms with E-state index in [0.717, 1.165) is 0 Å². The van der Waals surface area contributed by atoms with Gasteiger partial charge in [0, 0.05) is 0 Å². The predicted molar refractivity (Wildman–Crippen MR) is 40.8 cm³/mol. The van der Waals surface area contributed by atoms with E-state index in [4.69, 9.17) is 20.4 Å². The first-order valence-corrected chi connectivity index (χ1v) is 16.6. The summed E-state index contributed by atoms with van der Waals surface area (Å²) in [5, 5.41) is 0. The molecule has 0 atom stereocenters. The van der Waals surface area contributed by atoms with Crippen molar-refractivity contribution in [3.8, 4) is 0 Å². The van der Waals surface area contributed by atoms with Crippen LogP contribution >= 0.6 is 40.0 Å². The van der Waals surface area contributed by atoms with E-state index in [9.17, 15) is 0 Å². The summed E-state index contributed by atoms with van der Waals surface area (Å²) < 4.78 is 0. The summed E-state index contributed by atoms with van der Waals surface area (Å²) >= 11 is 0.639. The monoisotopic (exact) mass is 328 g/mol. The molecule has 0 aliphatic carbocycles. The topological polar surface area (TPSA) is 0 Å². The molecule has 0 heterocycles. The molecule has 0 aromatic heterocycles. The van der Waals surface area contributed by atoms with Crippen LogP contribution in [0.25, 0.3) is 0 Å². The second-order valence-corrected chi connectivity index (χ2v) is 16.2. The van der Waals surface area contributed by atoms with Gasteiger partial charge in [0.2, 0.25) is 0 Å². The Kier molecular flexibility index (Phi) is 49.9. The third kappa shape index (κ3) is 52.2. The summed E-state index contributed by atoms with van der Waals surface area (Å²) in [6.45, 7) is 15.1. The summed E-state index contributed by atoms with van der Waals surface area (Å²) in [5.74, 6) is 0.